The third-order valence-corrected chi connectivity index (χ3v) is 4.81. The lowest BCUT2D eigenvalue weighted by Crippen LogP contribution is -2.47. The van der Waals surface area contributed by atoms with Crippen LogP contribution in [0.25, 0.3) is 11.0 Å². The monoisotopic (exact) mass is 391 g/mol. The normalized spacial score (nSPS) is 15.4. The lowest BCUT2D eigenvalue weighted by Gasteiger charge is -2.35. The molecule has 1 saturated heterocycles. The quantitative estimate of drug-likeness (QED) is 0.695. The summed E-state index contributed by atoms with van der Waals surface area (Å²) in [6.45, 7) is 2.81. The zero-order valence-electron chi connectivity index (χ0n) is 14.3. The molecule has 140 valence electrons. The van der Waals surface area contributed by atoms with Crippen molar-refractivity contribution in [3.8, 4) is 0 Å². The van der Waals surface area contributed by atoms with E-state index in [1.54, 1.807) is 6.07 Å². The Kier molecular flexibility index (Phi) is 4.75. The Bertz CT molecular complexity index is 1050. The molecule has 1 fully saturated rings. The predicted octanol–water partition coefficient (Wildman–Crippen LogP) is 2.57. The van der Waals surface area contributed by atoms with Crippen molar-refractivity contribution in [2.75, 3.05) is 31.1 Å². The van der Waals surface area contributed by atoms with Gasteiger partial charge in [-0.15, -0.1) is 0 Å². The highest BCUT2D eigenvalue weighted by molar-refractivity contribution is 6.29. The van der Waals surface area contributed by atoms with Gasteiger partial charge in [-0.05, 0) is 6.07 Å². The van der Waals surface area contributed by atoms with Crippen LogP contribution in [0.15, 0.2) is 35.3 Å². The topological polar surface area (TPSA) is 65.1 Å². The number of anilines is 1. The Morgan fingerprint density at radius 3 is 2.67 bits per heavy atom. The van der Waals surface area contributed by atoms with Gasteiger partial charge in [-0.1, -0.05) is 17.7 Å². The Balaban J connectivity index is 1.47. The molecule has 0 spiro atoms. The number of piperazine rings is 1. The number of pyridine rings is 1. The van der Waals surface area contributed by atoms with Crippen molar-refractivity contribution in [1.29, 1.82) is 0 Å². The van der Waals surface area contributed by atoms with Crippen LogP contribution in [0, 0.1) is 11.6 Å². The van der Waals surface area contributed by atoms with Crippen molar-refractivity contribution in [2.45, 2.75) is 6.54 Å². The molecule has 27 heavy (non-hydrogen) atoms. The van der Waals surface area contributed by atoms with Gasteiger partial charge in [-0.2, -0.15) is 0 Å². The minimum absolute atomic E-state index is 0.286. The van der Waals surface area contributed by atoms with Crippen LogP contribution in [-0.4, -0.2) is 46.0 Å². The number of benzene rings is 1. The second kappa shape index (κ2) is 7.21. The number of H-pyrrole nitrogens is 1. The highest BCUT2D eigenvalue weighted by Gasteiger charge is 2.21. The molecule has 1 N–H and O–H groups in total. The number of nitrogens with zero attached hydrogens (tertiary/aromatic N) is 4. The molecule has 2 aromatic heterocycles. The number of rotatable bonds is 3. The smallest absolute Gasteiger partial charge is 0.291 e. The summed E-state index contributed by atoms with van der Waals surface area (Å²) in [5.74, 6) is -0.797. The summed E-state index contributed by atoms with van der Waals surface area (Å²) in [7, 11) is 0. The molecule has 6 nitrogen and oxygen atoms in total. The summed E-state index contributed by atoms with van der Waals surface area (Å²) in [4.78, 5) is 27.5. The lowest BCUT2D eigenvalue weighted by molar-refractivity contribution is 0.246. The van der Waals surface area contributed by atoms with Crippen molar-refractivity contribution < 1.29 is 8.78 Å². The highest BCUT2D eigenvalue weighted by Crippen LogP contribution is 2.17. The third-order valence-electron chi connectivity index (χ3n) is 4.61. The van der Waals surface area contributed by atoms with Gasteiger partial charge in [0.15, 0.2) is 5.82 Å². The largest absolute Gasteiger partial charge is 0.349 e. The van der Waals surface area contributed by atoms with Gasteiger partial charge in [0.05, 0.1) is 11.7 Å². The first kappa shape index (κ1) is 17.8. The van der Waals surface area contributed by atoms with E-state index in [-0.39, 0.29) is 10.7 Å². The molecule has 0 bridgehead atoms. The zero-order chi connectivity index (χ0) is 19.0. The average Bonchev–Trinajstić information content (AvgIpc) is 2.64. The van der Waals surface area contributed by atoms with Crippen LogP contribution in [0.1, 0.15) is 5.56 Å². The number of aromatic amines is 1. The first-order chi connectivity index (χ1) is 13.0. The molecule has 0 atom stereocenters. The Hall–Kier alpha value is -2.58. The van der Waals surface area contributed by atoms with Crippen molar-refractivity contribution in [2.24, 2.45) is 0 Å². The number of aromatic nitrogens is 3. The van der Waals surface area contributed by atoms with Gasteiger partial charge in [0.1, 0.15) is 22.3 Å². The number of hydrogen-bond donors (Lipinski definition) is 1. The van der Waals surface area contributed by atoms with E-state index in [4.69, 9.17) is 11.6 Å². The molecular weight excluding hydrogens is 376 g/mol. The van der Waals surface area contributed by atoms with Crippen LogP contribution in [0.2, 0.25) is 5.15 Å². The van der Waals surface area contributed by atoms with Crippen molar-refractivity contribution in [3.63, 3.8) is 0 Å². The van der Waals surface area contributed by atoms with Gasteiger partial charge in [0, 0.05) is 50.4 Å². The average molecular weight is 392 g/mol. The second-order valence-electron chi connectivity index (χ2n) is 6.41. The first-order valence-electron chi connectivity index (χ1n) is 8.46. The molecule has 1 aliphatic heterocycles. The van der Waals surface area contributed by atoms with Crippen molar-refractivity contribution in [3.05, 3.63) is 63.2 Å². The van der Waals surface area contributed by atoms with E-state index in [1.165, 1.54) is 18.3 Å². The van der Waals surface area contributed by atoms with E-state index in [1.807, 2.05) is 4.90 Å². The first-order valence-corrected chi connectivity index (χ1v) is 8.84. The number of fused-ring (bicyclic) bond motifs is 1. The van der Waals surface area contributed by atoms with Crippen LogP contribution in [-0.2, 0) is 6.54 Å². The maximum absolute atomic E-state index is 13.8. The van der Waals surface area contributed by atoms with Gasteiger partial charge in [0.25, 0.3) is 5.56 Å². The van der Waals surface area contributed by atoms with Crippen LogP contribution in [0.4, 0.5) is 14.6 Å². The predicted molar refractivity (Wildman–Crippen MR) is 99.0 cm³/mol. The number of hydrogen-bond acceptors (Lipinski definition) is 5. The maximum Gasteiger partial charge on any atom is 0.291 e. The van der Waals surface area contributed by atoms with E-state index in [0.717, 1.165) is 6.07 Å². The van der Waals surface area contributed by atoms with Gasteiger partial charge >= 0.3 is 0 Å². The van der Waals surface area contributed by atoms with Crippen LogP contribution < -0.4 is 10.5 Å². The molecule has 1 aliphatic rings. The molecule has 0 saturated carbocycles. The molecule has 3 aromatic rings. The fourth-order valence-electron chi connectivity index (χ4n) is 3.18. The fourth-order valence-corrected chi connectivity index (χ4v) is 3.34. The van der Waals surface area contributed by atoms with Crippen LogP contribution in [0.3, 0.4) is 0 Å². The summed E-state index contributed by atoms with van der Waals surface area (Å²) in [5.41, 5.74) is 1.26. The van der Waals surface area contributed by atoms with Gasteiger partial charge in [0.2, 0.25) is 0 Å². The molecule has 0 unspecified atom stereocenters. The Morgan fingerprint density at radius 1 is 1.15 bits per heavy atom. The van der Waals surface area contributed by atoms with Gasteiger partial charge < -0.3 is 9.88 Å². The summed E-state index contributed by atoms with van der Waals surface area (Å²) < 4.78 is 26.9. The summed E-state index contributed by atoms with van der Waals surface area (Å²) in [6, 6.07) is 5.17. The standard InChI is InChI=1S/C18H16ClF2N5O/c19-16-8-14-15(9-22-16)23-17(18(27)24-14)26-5-3-25(4-6-26)10-11-1-2-12(20)7-13(11)21/h1-2,7-9H,3-6,10H2,(H,24,27). The number of halogens is 3. The minimum Gasteiger partial charge on any atom is -0.349 e. The molecule has 3 heterocycles. The molecular formula is C18H16ClF2N5O. The Morgan fingerprint density at radius 2 is 1.93 bits per heavy atom. The van der Waals surface area contributed by atoms with Crippen molar-refractivity contribution in [1.82, 2.24) is 19.9 Å². The fraction of sp³-hybridized carbons (Fsp3) is 0.278. The molecule has 4 rings (SSSR count). The number of nitrogens with one attached hydrogen (secondary N) is 1. The van der Waals surface area contributed by atoms with Crippen LogP contribution in [0.5, 0.6) is 0 Å². The highest BCUT2D eigenvalue weighted by atomic mass is 35.5. The summed E-state index contributed by atoms with van der Waals surface area (Å²) in [5, 5.41) is 0.286. The second-order valence-corrected chi connectivity index (χ2v) is 6.80. The molecule has 0 aliphatic carbocycles. The summed E-state index contributed by atoms with van der Waals surface area (Å²) in [6.07, 6.45) is 1.52. The van der Waals surface area contributed by atoms with Crippen molar-refractivity contribution >= 4 is 28.5 Å². The molecule has 0 radical (unpaired) electrons. The molecule has 9 heteroatoms. The van der Waals surface area contributed by atoms with Gasteiger partial charge in [-0.3, -0.25) is 9.69 Å². The van der Waals surface area contributed by atoms with E-state index < -0.39 is 11.6 Å². The van der Waals surface area contributed by atoms with E-state index in [2.05, 4.69) is 19.9 Å². The third kappa shape index (κ3) is 3.77. The van der Waals surface area contributed by atoms with E-state index in [9.17, 15) is 13.6 Å². The summed E-state index contributed by atoms with van der Waals surface area (Å²) >= 11 is 5.84. The van der Waals surface area contributed by atoms with E-state index >= 15 is 0 Å². The van der Waals surface area contributed by atoms with E-state index in [0.29, 0.717) is 55.1 Å². The molecule has 1 aromatic carbocycles. The maximum atomic E-state index is 13.8. The van der Waals surface area contributed by atoms with Crippen LogP contribution >= 0.6 is 11.6 Å². The lowest BCUT2D eigenvalue weighted by atomic mass is 10.2. The minimum atomic E-state index is -0.585. The van der Waals surface area contributed by atoms with Gasteiger partial charge in [-0.25, -0.2) is 18.7 Å². The molecule has 0 amide bonds. The SMILES string of the molecule is O=c1[nH]c2cc(Cl)ncc2nc1N1CCN(Cc2ccc(F)cc2F)CC1. The Labute approximate surface area is 158 Å². The zero-order valence-corrected chi connectivity index (χ0v) is 15.0.